The summed E-state index contributed by atoms with van der Waals surface area (Å²) in [6, 6.07) is 13.5. The molecule has 0 bridgehead atoms. The zero-order valence-electron chi connectivity index (χ0n) is 16.6. The molecule has 0 aromatic heterocycles. The first-order valence-corrected chi connectivity index (χ1v) is 9.52. The maximum atomic E-state index is 12.9. The number of nitrogens with one attached hydrogen (secondary N) is 1. The number of amides is 2. The molecule has 2 amide bonds. The minimum Gasteiger partial charge on any atom is -0.497 e. The Bertz CT molecular complexity index is 839. The number of carbonyl (C=O) groups is 2. The minimum absolute atomic E-state index is 0.237. The highest BCUT2D eigenvalue weighted by Gasteiger charge is 2.26. The van der Waals surface area contributed by atoms with Crippen LogP contribution in [-0.2, 0) is 16.1 Å². The van der Waals surface area contributed by atoms with Gasteiger partial charge in [-0.15, -0.1) is 6.58 Å². The summed E-state index contributed by atoms with van der Waals surface area (Å²) in [7, 11) is 1.59. The quantitative estimate of drug-likeness (QED) is 0.602. The number of carbonyl (C=O) groups excluding carboxylic acids is 2. The first-order chi connectivity index (χ1) is 14.0. The van der Waals surface area contributed by atoms with Gasteiger partial charge >= 0.3 is 0 Å². The Morgan fingerprint density at radius 3 is 2.52 bits per heavy atom. The Balaban J connectivity index is 2.15. The van der Waals surface area contributed by atoms with Crippen LogP contribution in [0.5, 0.6) is 11.5 Å². The van der Waals surface area contributed by atoms with E-state index in [9.17, 15) is 9.59 Å². The zero-order chi connectivity index (χ0) is 21.2. The highest BCUT2D eigenvalue weighted by Crippen LogP contribution is 2.23. The third-order valence-electron chi connectivity index (χ3n) is 4.29. The molecule has 0 heterocycles. The largest absolute Gasteiger partial charge is 0.497 e. The molecule has 6 nitrogen and oxygen atoms in total. The van der Waals surface area contributed by atoms with Gasteiger partial charge in [-0.25, -0.2) is 0 Å². The predicted octanol–water partition coefficient (Wildman–Crippen LogP) is 3.45. The number of rotatable bonds is 10. The first-order valence-electron chi connectivity index (χ1n) is 9.14. The smallest absolute Gasteiger partial charge is 0.261 e. The zero-order valence-corrected chi connectivity index (χ0v) is 17.3. The summed E-state index contributed by atoms with van der Waals surface area (Å²) in [5.41, 5.74) is 0.861. The lowest BCUT2D eigenvalue weighted by Gasteiger charge is -2.28. The molecule has 0 spiro atoms. The van der Waals surface area contributed by atoms with Crippen molar-refractivity contribution >= 4 is 23.4 Å². The molecule has 7 heteroatoms. The van der Waals surface area contributed by atoms with E-state index in [0.29, 0.717) is 23.1 Å². The first kappa shape index (κ1) is 22.3. The van der Waals surface area contributed by atoms with Crippen LogP contribution in [0.15, 0.2) is 61.2 Å². The molecule has 0 radical (unpaired) electrons. The fourth-order valence-electron chi connectivity index (χ4n) is 2.61. The van der Waals surface area contributed by atoms with Crippen molar-refractivity contribution in [2.24, 2.45) is 0 Å². The summed E-state index contributed by atoms with van der Waals surface area (Å²) < 4.78 is 10.7. The van der Waals surface area contributed by atoms with Gasteiger partial charge in [0, 0.05) is 13.1 Å². The lowest BCUT2D eigenvalue weighted by Crippen LogP contribution is -2.49. The van der Waals surface area contributed by atoms with E-state index in [1.807, 2.05) is 12.1 Å². The normalized spacial score (nSPS) is 11.3. The van der Waals surface area contributed by atoms with Gasteiger partial charge in [-0.05, 0) is 36.8 Å². The predicted molar refractivity (Wildman–Crippen MR) is 113 cm³/mol. The van der Waals surface area contributed by atoms with Gasteiger partial charge in [0.15, 0.2) is 6.61 Å². The molecule has 0 fully saturated rings. The third kappa shape index (κ3) is 6.54. The van der Waals surface area contributed by atoms with Crippen LogP contribution < -0.4 is 14.8 Å². The van der Waals surface area contributed by atoms with Crippen molar-refractivity contribution in [1.29, 1.82) is 0 Å². The molecule has 0 saturated heterocycles. The van der Waals surface area contributed by atoms with Crippen molar-refractivity contribution in [3.05, 3.63) is 71.8 Å². The maximum Gasteiger partial charge on any atom is 0.261 e. The molecule has 0 aliphatic rings. The number of halogens is 1. The number of para-hydroxylation sites is 1. The molecule has 2 rings (SSSR count). The van der Waals surface area contributed by atoms with Crippen molar-refractivity contribution in [2.45, 2.75) is 19.5 Å². The van der Waals surface area contributed by atoms with Crippen LogP contribution in [0.1, 0.15) is 12.5 Å². The van der Waals surface area contributed by atoms with E-state index >= 15 is 0 Å². The van der Waals surface area contributed by atoms with Crippen LogP contribution in [0.2, 0.25) is 5.02 Å². The van der Waals surface area contributed by atoms with Gasteiger partial charge in [0.25, 0.3) is 5.91 Å². The fraction of sp³-hybridized carbons (Fsp3) is 0.273. The van der Waals surface area contributed by atoms with Crippen molar-refractivity contribution < 1.29 is 19.1 Å². The topological polar surface area (TPSA) is 67.9 Å². The van der Waals surface area contributed by atoms with Crippen LogP contribution >= 0.6 is 11.6 Å². The second-order valence-corrected chi connectivity index (χ2v) is 6.71. The highest BCUT2D eigenvalue weighted by atomic mass is 35.5. The third-order valence-corrected chi connectivity index (χ3v) is 4.60. The number of methoxy groups -OCH3 is 1. The maximum absolute atomic E-state index is 12.9. The summed E-state index contributed by atoms with van der Waals surface area (Å²) in [4.78, 5) is 26.8. The second kappa shape index (κ2) is 11.1. The van der Waals surface area contributed by atoms with E-state index in [2.05, 4.69) is 11.9 Å². The van der Waals surface area contributed by atoms with Gasteiger partial charge in [-0.1, -0.05) is 41.9 Å². The van der Waals surface area contributed by atoms with Gasteiger partial charge in [0.1, 0.15) is 17.5 Å². The molecule has 2 aromatic rings. The van der Waals surface area contributed by atoms with Gasteiger partial charge in [0.2, 0.25) is 5.91 Å². The molecule has 1 unspecified atom stereocenters. The van der Waals surface area contributed by atoms with Crippen molar-refractivity contribution in [1.82, 2.24) is 10.2 Å². The average molecular weight is 417 g/mol. The molecule has 0 aliphatic carbocycles. The monoisotopic (exact) mass is 416 g/mol. The number of benzene rings is 2. The second-order valence-electron chi connectivity index (χ2n) is 6.30. The Hall–Kier alpha value is -2.99. The molecule has 1 N–H and O–H groups in total. The van der Waals surface area contributed by atoms with E-state index in [1.54, 1.807) is 56.5 Å². The molecule has 1 atom stereocenters. The van der Waals surface area contributed by atoms with Gasteiger partial charge < -0.3 is 19.7 Å². The number of hydrogen-bond acceptors (Lipinski definition) is 4. The van der Waals surface area contributed by atoms with E-state index in [-0.39, 0.29) is 25.0 Å². The lowest BCUT2D eigenvalue weighted by atomic mass is 10.1. The Kier molecular flexibility index (Phi) is 8.55. The Labute approximate surface area is 176 Å². The number of ether oxygens (including phenoxy) is 2. The van der Waals surface area contributed by atoms with Crippen LogP contribution in [-0.4, -0.2) is 43.0 Å². The van der Waals surface area contributed by atoms with Crippen molar-refractivity contribution in [2.75, 3.05) is 20.3 Å². The van der Waals surface area contributed by atoms with E-state index in [4.69, 9.17) is 21.1 Å². The summed E-state index contributed by atoms with van der Waals surface area (Å²) in [5.74, 6) is 0.521. The van der Waals surface area contributed by atoms with Gasteiger partial charge in [-0.2, -0.15) is 0 Å². The van der Waals surface area contributed by atoms with Crippen LogP contribution in [0.3, 0.4) is 0 Å². The molecule has 0 saturated carbocycles. The summed E-state index contributed by atoms with van der Waals surface area (Å²) in [6.07, 6.45) is 1.58. The van der Waals surface area contributed by atoms with Crippen molar-refractivity contribution in [3.63, 3.8) is 0 Å². The fourth-order valence-corrected chi connectivity index (χ4v) is 2.81. The standard InChI is InChI=1S/C22H25ClN2O4/c1-4-13-24-22(27)16(2)25(14-17-9-11-18(28-3)12-10-17)21(26)15-29-20-8-6-5-7-19(20)23/h4-12,16H,1,13-15H2,2-3H3,(H,24,27). The van der Waals surface area contributed by atoms with E-state index < -0.39 is 6.04 Å². The van der Waals surface area contributed by atoms with Crippen LogP contribution in [0, 0.1) is 0 Å². The number of nitrogens with zero attached hydrogens (tertiary/aromatic N) is 1. The Morgan fingerprint density at radius 2 is 1.90 bits per heavy atom. The van der Waals surface area contributed by atoms with E-state index in [0.717, 1.165) is 5.56 Å². The summed E-state index contributed by atoms with van der Waals surface area (Å²) >= 11 is 6.08. The lowest BCUT2D eigenvalue weighted by molar-refractivity contribution is -0.142. The molecule has 2 aromatic carbocycles. The van der Waals surface area contributed by atoms with Gasteiger partial charge in [0.05, 0.1) is 12.1 Å². The summed E-state index contributed by atoms with van der Waals surface area (Å²) in [6.45, 7) is 5.60. The molecule has 0 aliphatic heterocycles. The minimum atomic E-state index is -0.695. The molecule has 29 heavy (non-hydrogen) atoms. The Morgan fingerprint density at radius 1 is 1.21 bits per heavy atom. The van der Waals surface area contributed by atoms with Crippen LogP contribution in [0.4, 0.5) is 0 Å². The molecular weight excluding hydrogens is 392 g/mol. The average Bonchev–Trinajstić information content (AvgIpc) is 2.75. The SMILES string of the molecule is C=CCNC(=O)C(C)N(Cc1ccc(OC)cc1)C(=O)COc1ccccc1Cl. The highest BCUT2D eigenvalue weighted by molar-refractivity contribution is 6.32. The van der Waals surface area contributed by atoms with Crippen LogP contribution in [0.25, 0.3) is 0 Å². The van der Waals surface area contributed by atoms with Gasteiger partial charge in [-0.3, -0.25) is 9.59 Å². The van der Waals surface area contributed by atoms with E-state index in [1.165, 1.54) is 4.90 Å². The summed E-state index contributed by atoms with van der Waals surface area (Å²) in [5, 5.41) is 3.14. The number of hydrogen-bond donors (Lipinski definition) is 1. The van der Waals surface area contributed by atoms with Crippen molar-refractivity contribution in [3.8, 4) is 11.5 Å². The molecule has 154 valence electrons. The molecular formula is C22H25ClN2O4.